The second kappa shape index (κ2) is 5.20. The Morgan fingerprint density at radius 2 is 2.21 bits per heavy atom. The Kier molecular flexibility index (Phi) is 4.20. The Bertz CT molecular complexity index is 301. The summed E-state index contributed by atoms with van der Waals surface area (Å²) in [5.41, 5.74) is 0.530. The molecule has 0 aliphatic carbocycles. The van der Waals surface area contributed by atoms with Gasteiger partial charge in [-0.15, -0.1) is 0 Å². The molecule has 0 aromatic heterocycles. The van der Waals surface area contributed by atoms with E-state index in [1.54, 1.807) is 18.2 Å². The van der Waals surface area contributed by atoms with Gasteiger partial charge in [-0.2, -0.15) is 0 Å². The van der Waals surface area contributed by atoms with Gasteiger partial charge < -0.3 is 14.9 Å². The molecule has 2 N–H and O–H groups in total. The lowest BCUT2D eigenvalue weighted by Gasteiger charge is -2.11. The standard InChI is InChI=1S/C10H11ClO3/c1-7-2-3-9(11)10(4-7)14-6-8(13)5-12/h1-4,8,12-13H,5-6H2. The summed E-state index contributed by atoms with van der Waals surface area (Å²) in [6.07, 6.45) is -0.910. The molecular weight excluding hydrogens is 204 g/mol. The van der Waals surface area contributed by atoms with E-state index in [1.165, 1.54) is 0 Å². The van der Waals surface area contributed by atoms with Crippen molar-refractivity contribution in [1.82, 2.24) is 0 Å². The van der Waals surface area contributed by atoms with Crippen LogP contribution in [0.15, 0.2) is 18.2 Å². The van der Waals surface area contributed by atoms with Gasteiger partial charge in [-0.05, 0) is 24.6 Å². The van der Waals surface area contributed by atoms with Gasteiger partial charge in [0.05, 0.1) is 11.6 Å². The van der Waals surface area contributed by atoms with Gasteiger partial charge in [-0.1, -0.05) is 17.7 Å². The van der Waals surface area contributed by atoms with Crippen LogP contribution in [0.25, 0.3) is 0 Å². The lowest BCUT2D eigenvalue weighted by atomic mass is 10.2. The topological polar surface area (TPSA) is 49.7 Å². The molecule has 0 aliphatic rings. The molecule has 0 heterocycles. The Labute approximate surface area is 87.9 Å². The zero-order valence-corrected chi connectivity index (χ0v) is 8.24. The molecule has 1 unspecified atom stereocenters. The predicted molar refractivity (Wildman–Crippen MR) is 53.4 cm³/mol. The highest BCUT2D eigenvalue weighted by Crippen LogP contribution is 2.25. The Morgan fingerprint density at radius 3 is 2.86 bits per heavy atom. The van der Waals surface area contributed by atoms with E-state index in [2.05, 4.69) is 0 Å². The number of rotatable bonds is 4. The summed E-state index contributed by atoms with van der Waals surface area (Å²) < 4.78 is 5.15. The van der Waals surface area contributed by atoms with Gasteiger partial charge in [0.2, 0.25) is 0 Å². The van der Waals surface area contributed by atoms with Crippen LogP contribution in [-0.4, -0.2) is 29.5 Å². The molecule has 0 spiro atoms. The summed E-state index contributed by atoms with van der Waals surface area (Å²) in [5.74, 6) is 0.402. The lowest BCUT2D eigenvalue weighted by Crippen LogP contribution is -2.21. The third kappa shape index (κ3) is 3.18. The number of halogens is 1. The highest BCUT2D eigenvalue weighted by Gasteiger charge is 2.05. The summed E-state index contributed by atoms with van der Waals surface area (Å²) in [6.45, 7) is 5.15. The minimum Gasteiger partial charge on any atom is -0.489 e. The van der Waals surface area contributed by atoms with Gasteiger partial charge in [0.1, 0.15) is 18.5 Å². The molecule has 0 saturated heterocycles. The molecule has 4 heteroatoms. The first-order valence-corrected chi connectivity index (χ1v) is 4.48. The van der Waals surface area contributed by atoms with Crippen molar-refractivity contribution in [1.29, 1.82) is 0 Å². The molecule has 76 valence electrons. The fraction of sp³-hybridized carbons (Fsp3) is 0.300. The average molecular weight is 215 g/mol. The quantitative estimate of drug-likeness (QED) is 0.790. The molecule has 1 aromatic carbocycles. The summed E-state index contributed by atoms with van der Waals surface area (Å²) in [5, 5.41) is 18.0. The third-order valence-electron chi connectivity index (χ3n) is 1.60. The van der Waals surface area contributed by atoms with Crippen LogP contribution in [0.1, 0.15) is 5.56 Å². The van der Waals surface area contributed by atoms with Gasteiger partial charge in [-0.25, -0.2) is 0 Å². The van der Waals surface area contributed by atoms with Crippen LogP contribution >= 0.6 is 11.6 Å². The summed E-state index contributed by atoms with van der Waals surface area (Å²) in [6, 6.07) is 4.82. The van der Waals surface area contributed by atoms with E-state index in [1.807, 2.05) is 0 Å². The number of aliphatic hydroxyl groups excluding tert-OH is 2. The number of benzene rings is 1. The fourth-order valence-corrected chi connectivity index (χ4v) is 1.04. The SMILES string of the molecule is [CH]c1ccc(Cl)c(OCC(O)CO)c1. The number of ether oxygens (including phenoxy) is 1. The summed E-state index contributed by atoms with van der Waals surface area (Å²) in [4.78, 5) is 0. The van der Waals surface area contributed by atoms with Gasteiger partial charge in [0.25, 0.3) is 0 Å². The molecule has 0 amide bonds. The maximum Gasteiger partial charge on any atom is 0.138 e. The van der Waals surface area contributed by atoms with E-state index in [0.717, 1.165) is 0 Å². The predicted octanol–water partition coefficient (Wildman–Crippen LogP) is 1.13. The zero-order valence-electron chi connectivity index (χ0n) is 7.48. The smallest absolute Gasteiger partial charge is 0.138 e. The number of hydrogen-bond acceptors (Lipinski definition) is 3. The molecule has 1 rings (SSSR count). The van der Waals surface area contributed by atoms with E-state index in [-0.39, 0.29) is 13.2 Å². The molecule has 2 radical (unpaired) electrons. The first kappa shape index (κ1) is 11.3. The van der Waals surface area contributed by atoms with Crippen molar-refractivity contribution in [3.8, 4) is 5.75 Å². The van der Waals surface area contributed by atoms with Crippen LogP contribution in [0.3, 0.4) is 0 Å². The van der Waals surface area contributed by atoms with Gasteiger partial charge in [0, 0.05) is 0 Å². The van der Waals surface area contributed by atoms with Crippen molar-refractivity contribution in [3.63, 3.8) is 0 Å². The minimum absolute atomic E-state index is 0.0142. The summed E-state index contributed by atoms with van der Waals surface area (Å²) in [7, 11) is 0. The summed E-state index contributed by atoms with van der Waals surface area (Å²) >= 11 is 5.80. The number of hydrogen-bond donors (Lipinski definition) is 2. The molecule has 1 atom stereocenters. The van der Waals surface area contributed by atoms with Crippen molar-refractivity contribution >= 4 is 11.6 Å². The van der Waals surface area contributed by atoms with Crippen LogP contribution in [0, 0.1) is 6.92 Å². The van der Waals surface area contributed by atoms with E-state index in [4.69, 9.17) is 33.5 Å². The fourth-order valence-electron chi connectivity index (χ4n) is 0.869. The molecule has 0 fully saturated rings. The Balaban J connectivity index is 2.62. The van der Waals surface area contributed by atoms with E-state index in [0.29, 0.717) is 16.3 Å². The maximum atomic E-state index is 9.03. The first-order valence-electron chi connectivity index (χ1n) is 4.10. The van der Waals surface area contributed by atoms with E-state index in [9.17, 15) is 0 Å². The normalized spacial score (nSPS) is 12.6. The number of aliphatic hydroxyl groups is 2. The second-order valence-corrected chi connectivity index (χ2v) is 3.24. The second-order valence-electron chi connectivity index (χ2n) is 2.84. The van der Waals surface area contributed by atoms with Gasteiger partial charge >= 0.3 is 0 Å². The Hall–Kier alpha value is -0.770. The van der Waals surface area contributed by atoms with Crippen molar-refractivity contribution < 1.29 is 14.9 Å². The lowest BCUT2D eigenvalue weighted by molar-refractivity contribution is 0.0536. The average Bonchev–Trinajstić information content (AvgIpc) is 2.19. The molecular formula is C10H11ClO3. The monoisotopic (exact) mass is 214 g/mol. The molecule has 14 heavy (non-hydrogen) atoms. The van der Waals surface area contributed by atoms with Crippen molar-refractivity contribution in [3.05, 3.63) is 35.7 Å². The molecule has 1 aromatic rings. The van der Waals surface area contributed by atoms with Gasteiger partial charge in [0.15, 0.2) is 0 Å². The largest absolute Gasteiger partial charge is 0.489 e. The van der Waals surface area contributed by atoms with Gasteiger partial charge in [-0.3, -0.25) is 0 Å². The molecule has 0 bridgehead atoms. The highest BCUT2D eigenvalue weighted by atomic mass is 35.5. The van der Waals surface area contributed by atoms with Crippen LogP contribution in [0.5, 0.6) is 5.75 Å². The van der Waals surface area contributed by atoms with Crippen molar-refractivity contribution in [2.45, 2.75) is 6.10 Å². The zero-order chi connectivity index (χ0) is 10.6. The Morgan fingerprint density at radius 1 is 1.50 bits per heavy atom. The van der Waals surface area contributed by atoms with E-state index >= 15 is 0 Å². The highest BCUT2D eigenvalue weighted by molar-refractivity contribution is 6.32. The molecule has 0 aliphatic heterocycles. The first-order chi connectivity index (χ1) is 6.63. The molecule has 0 saturated carbocycles. The third-order valence-corrected chi connectivity index (χ3v) is 1.91. The van der Waals surface area contributed by atoms with E-state index < -0.39 is 6.10 Å². The van der Waals surface area contributed by atoms with Crippen molar-refractivity contribution in [2.75, 3.05) is 13.2 Å². The van der Waals surface area contributed by atoms with Crippen LogP contribution in [0.4, 0.5) is 0 Å². The van der Waals surface area contributed by atoms with Crippen LogP contribution in [0.2, 0.25) is 5.02 Å². The van der Waals surface area contributed by atoms with Crippen LogP contribution < -0.4 is 4.74 Å². The minimum atomic E-state index is -0.910. The van der Waals surface area contributed by atoms with Crippen LogP contribution in [-0.2, 0) is 0 Å². The molecule has 3 nitrogen and oxygen atoms in total. The maximum absolute atomic E-state index is 9.03. The van der Waals surface area contributed by atoms with Crippen molar-refractivity contribution in [2.24, 2.45) is 0 Å².